The van der Waals surface area contributed by atoms with Crippen LogP contribution in [0.4, 0.5) is 17.1 Å². The Morgan fingerprint density at radius 1 is 1.12 bits per heavy atom. The summed E-state index contributed by atoms with van der Waals surface area (Å²) in [5.41, 5.74) is 0.703. The number of nitro benzene ring substituents is 2. The molecule has 126 valence electrons. The zero-order chi connectivity index (χ0) is 17.9. The van der Waals surface area contributed by atoms with Crippen LogP contribution in [0, 0.1) is 20.2 Å². The van der Waals surface area contributed by atoms with Gasteiger partial charge < -0.3 is 5.32 Å². The van der Waals surface area contributed by atoms with Crippen LogP contribution in [-0.4, -0.2) is 36.7 Å². The maximum atomic E-state index is 12.1. The fraction of sp³-hybridized carbons (Fsp3) is 0.250. The highest BCUT2D eigenvalue weighted by atomic mass is 16.6. The number of nitrogens with one attached hydrogen (secondary N) is 2. The highest BCUT2D eigenvalue weighted by Gasteiger charge is 2.29. The second kappa shape index (κ2) is 6.68. The molecule has 0 fully saturated rings. The first-order valence-corrected chi connectivity index (χ1v) is 6.69. The molecule has 24 heavy (non-hydrogen) atoms. The lowest BCUT2D eigenvalue weighted by atomic mass is 10.1. The number of rotatable bonds is 6. The smallest absolute Gasteiger partial charge is 0.300 e. The Kier molecular flexibility index (Phi) is 4.68. The van der Waals surface area contributed by atoms with Crippen LogP contribution in [0.1, 0.15) is 24.2 Å². The highest BCUT2D eigenvalue weighted by molar-refractivity contribution is 6.02. The quantitative estimate of drug-likeness (QED) is 0.590. The van der Waals surface area contributed by atoms with E-state index < -0.39 is 27.1 Å². The van der Waals surface area contributed by atoms with Crippen LogP contribution in [0.25, 0.3) is 0 Å². The predicted octanol–water partition coefficient (Wildman–Crippen LogP) is 1.30. The molecule has 0 bridgehead atoms. The fourth-order valence-corrected chi connectivity index (χ4v) is 1.91. The Balaban J connectivity index is 2.51. The van der Waals surface area contributed by atoms with Crippen molar-refractivity contribution in [1.29, 1.82) is 0 Å². The van der Waals surface area contributed by atoms with Crippen LogP contribution >= 0.6 is 0 Å². The number of hydrogen-bond acceptors (Lipinski definition) is 8. The van der Waals surface area contributed by atoms with E-state index in [1.54, 1.807) is 13.8 Å². The third-order valence-electron chi connectivity index (χ3n) is 2.83. The van der Waals surface area contributed by atoms with Gasteiger partial charge in [-0.1, -0.05) is 0 Å². The second-order valence-electron chi connectivity index (χ2n) is 5.01. The molecule has 0 unspecified atom stereocenters. The number of anilines is 1. The Hall–Kier alpha value is -3.57. The minimum atomic E-state index is -0.784. The monoisotopic (exact) mass is 335 g/mol. The fourth-order valence-electron chi connectivity index (χ4n) is 1.91. The molecule has 0 aliphatic rings. The molecule has 2 aromatic rings. The van der Waals surface area contributed by atoms with Crippen LogP contribution in [0.5, 0.6) is 0 Å². The summed E-state index contributed by atoms with van der Waals surface area (Å²) >= 11 is 0. The largest absolute Gasteiger partial charge is 0.372 e. The molecule has 0 saturated carbocycles. The standard InChI is InChI=1S/C12H13N7O5/c1-7(2)15-11-9(18(21)22)3-8(4-10(11)19(23)24)12(20)16-17-5-13-14-6-17/h3-7,15H,1-2H3,(H,16,20). The highest BCUT2D eigenvalue weighted by Crippen LogP contribution is 2.36. The molecule has 0 atom stereocenters. The number of amides is 1. The average Bonchev–Trinajstić information content (AvgIpc) is 2.98. The first-order chi connectivity index (χ1) is 11.3. The summed E-state index contributed by atoms with van der Waals surface area (Å²) in [6.07, 6.45) is 2.38. The van der Waals surface area contributed by atoms with Crippen molar-refractivity contribution in [3.8, 4) is 0 Å². The predicted molar refractivity (Wildman–Crippen MR) is 82.2 cm³/mol. The maximum absolute atomic E-state index is 12.1. The molecule has 1 amide bonds. The Bertz CT molecular complexity index is 752. The van der Waals surface area contributed by atoms with Crippen LogP contribution < -0.4 is 10.7 Å². The Morgan fingerprint density at radius 2 is 1.62 bits per heavy atom. The molecule has 0 saturated heterocycles. The number of nitro groups is 2. The number of hydrogen-bond donors (Lipinski definition) is 2. The number of benzene rings is 1. The van der Waals surface area contributed by atoms with Gasteiger partial charge in [0.1, 0.15) is 12.7 Å². The van der Waals surface area contributed by atoms with Crippen molar-refractivity contribution in [3.05, 3.63) is 50.6 Å². The number of nitrogens with zero attached hydrogens (tertiary/aromatic N) is 5. The SMILES string of the molecule is CC(C)Nc1c([N+](=O)[O-])cc(C(=O)Nn2cnnc2)cc1[N+](=O)[O-]. The molecule has 1 aromatic heterocycles. The molecular weight excluding hydrogens is 322 g/mol. The minimum Gasteiger partial charge on any atom is -0.372 e. The zero-order valence-electron chi connectivity index (χ0n) is 12.7. The first kappa shape index (κ1) is 16.8. The van der Waals surface area contributed by atoms with Gasteiger partial charge in [0.2, 0.25) is 0 Å². The van der Waals surface area contributed by atoms with Gasteiger partial charge in [-0.3, -0.25) is 30.4 Å². The van der Waals surface area contributed by atoms with Crippen molar-refractivity contribution in [2.24, 2.45) is 0 Å². The van der Waals surface area contributed by atoms with Crippen LogP contribution in [-0.2, 0) is 0 Å². The summed E-state index contributed by atoms with van der Waals surface area (Å²) in [4.78, 5) is 33.1. The van der Waals surface area contributed by atoms with E-state index in [0.717, 1.165) is 16.8 Å². The molecule has 2 rings (SSSR count). The van der Waals surface area contributed by atoms with Gasteiger partial charge in [-0.25, -0.2) is 4.68 Å². The average molecular weight is 335 g/mol. The van der Waals surface area contributed by atoms with Crippen LogP contribution in [0.3, 0.4) is 0 Å². The van der Waals surface area contributed by atoms with Gasteiger partial charge in [0.15, 0.2) is 5.69 Å². The van der Waals surface area contributed by atoms with Crippen LogP contribution in [0.2, 0.25) is 0 Å². The summed E-state index contributed by atoms with van der Waals surface area (Å²) in [7, 11) is 0. The van der Waals surface area contributed by atoms with Gasteiger partial charge in [-0.05, 0) is 13.8 Å². The number of aromatic nitrogens is 3. The van der Waals surface area contributed by atoms with Gasteiger partial charge in [-0.15, -0.1) is 10.2 Å². The second-order valence-corrected chi connectivity index (χ2v) is 5.01. The lowest BCUT2D eigenvalue weighted by Crippen LogP contribution is -2.22. The van der Waals surface area contributed by atoms with Crippen molar-refractivity contribution >= 4 is 23.0 Å². The molecule has 0 aliphatic carbocycles. The van der Waals surface area contributed by atoms with E-state index in [1.807, 2.05) is 0 Å². The molecule has 12 heteroatoms. The minimum absolute atomic E-state index is 0.239. The van der Waals surface area contributed by atoms with E-state index in [-0.39, 0.29) is 17.3 Å². The molecule has 1 heterocycles. The topological polar surface area (TPSA) is 158 Å². The summed E-state index contributed by atoms with van der Waals surface area (Å²) in [5.74, 6) is -0.780. The van der Waals surface area contributed by atoms with E-state index in [0.29, 0.717) is 0 Å². The summed E-state index contributed by atoms with van der Waals surface area (Å²) in [6, 6.07) is 1.66. The maximum Gasteiger partial charge on any atom is 0.300 e. The van der Waals surface area contributed by atoms with Crippen molar-refractivity contribution in [1.82, 2.24) is 14.9 Å². The zero-order valence-corrected chi connectivity index (χ0v) is 12.7. The van der Waals surface area contributed by atoms with E-state index in [9.17, 15) is 25.0 Å². The molecule has 0 aliphatic heterocycles. The molecule has 1 aromatic carbocycles. The molecule has 12 nitrogen and oxygen atoms in total. The third-order valence-corrected chi connectivity index (χ3v) is 2.83. The van der Waals surface area contributed by atoms with E-state index >= 15 is 0 Å². The van der Waals surface area contributed by atoms with Gasteiger partial charge in [0, 0.05) is 18.2 Å². The summed E-state index contributed by atoms with van der Waals surface area (Å²) in [5, 5.41) is 32.1. The lowest BCUT2D eigenvalue weighted by Gasteiger charge is -2.12. The van der Waals surface area contributed by atoms with Crippen molar-refractivity contribution < 1.29 is 14.6 Å². The number of carbonyl (C=O) groups is 1. The van der Waals surface area contributed by atoms with Gasteiger partial charge in [-0.2, -0.15) is 0 Å². The molecule has 0 radical (unpaired) electrons. The normalized spacial score (nSPS) is 10.5. The van der Waals surface area contributed by atoms with Crippen LogP contribution in [0.15, 0.2) is 24.8 Å². The van der Waals surface area contributed by atoms with Crippen molar-refractivity contribution in [2.75, 3.05) is 10.7 Å². The summed E-state index contributed by atoms with van der Waals surface area (Å²) < 4.78 is 1.11. The van der Waals surface area contributed by atoms with Gasteiger partial charge in [0.05, 0.1) is 15.4 Å². The lowest BCUT2D eigenvalue weighted by molar-refractivity contribution is -0.392. The molecular formula is C12H13N7O5. The van der Waals surface area contributed by atoms with E-state index in [2.05, 4.69) is 20.9 Å². The first-order valence-electron chi connectivity index (χ1n) is 6.69. The van der Waals surface area contributed by atoms with E-state index in [4.69, 9.17) is 0 Å². The third kappa shape index (κ3) is 3.60. The Morgan fingerprint density at radius 3 is 2.04 bits per heavy atom. The van der Waals surface area contributed by atoms with E-state index in [1.165, 1.54) is 12.7 Å². The van der Waals surface area contributed by atoms with Gasteiger partial charge in [0.25, 0.3) is 17.3 Å². The van der Waals surface area contributed by atoms with Gasteiger partial charge >= 0.3 is 0 Å². The number of carbonyl (C=O) groups excluding carboxylic acids is 1. The van der Waals surface area contributed by atoms with Crippen molar-refractivity contribution in [2.45, 2.75) is 19.9 Å². The molecule has 2 N–H and O–H groups in total. The van der Waals surface area contributed by atoms with Crippen molar-refractivity contribution in [3.63, 3.8) is 0 Å². The molecule has 0 spiro atoms. The summed E-state index contributed by atoms with van der Waals surface area (Å²) in [6.45, 7) is 3.36. The Labute approximate surface area is 134 Å².